The lowest BCUT2D eigenvalue weighted by Crippen LogP contribution is -2.33. The Morgan fingerprint density at radius 3 is 2.82 bits per heavy atom. The molecule has 0 saturated carbocycles. The SMILES string of the molecule is O=C(COc1ccc(F)cc1F)N1CCc2cc(Br)ccc21. The molecule has 0 N–H and O–H groups in total. The van der Waals surface area contributed by atoms with Gasteiger partial charge in [0.1, 0.15) is 5.82 Å². The Bertz CT molecular complexity index is 736. The summed E-state index contributed by atoms with van der Waals surface area (Å²) >= 11 is 3.40. The monoisotopic (exact) mass is 367 g/mol. The van der Waals surface area contributed by atoms with Crippen LogP contribution in [0.3, 0.4) is 0 Å². The fraction of sp³-hybridized carbons (Fsp3) is 0.188. The van der Waals surface area contributed by atoms with Gasteiger partial charge in [0, 0.05) is 22.8 Å². The lowest BCUT2D eigenvalue weighted by atomic mass is 10.2. The van der Waals surface area contributed by atoms with Crippen LogP contribution in [0.2, 0.25) is 0 Å². The molecule has 2 aromatic carbocycles. The Hall–Kier alpha value is -1.95. The summed E-state index contributed by atoms with van der Waals surface area (Å²) in [6.45, 7) is 0.276. The van der Waals surface area contributed by atoms with Crippen LogP contribution in [0, 0.1) is 11.6 Å². The maximum absolute atomic E-state index is 13.5. The zero-order valence-electron chi connectivity index (χ0n) is 11.5. The van der Waals surface area contributed by atoms with Crippen LogP contribution in [0.5, 0.6) is 5.75 Å². The lowest BCUT2D eigenvalue weighted by molar-refractivity contribution is -0.120. The van der Waals surface area contributed by atoms with Crippen molar-refractivity contribution >= 4 is 27.5 Å². The third kappa shape index (κ3) is 2.97. The number of anilines is 1. The third-order valence-electron chi connectivity index (χ3n) is 3.48. The highest BCUT2D eigenvalue weighted by Crippen LogP contribution is 2.30. The van der Waals surface area contributed by atoms with Gasteiger partial charge in [-0.15, -0.1) is 0 Å². The van der Waals surface area contributed by atoms with Gasteiger partial charge < -0.3 is 9.64 Å². The molecule has 22 heavy (non-hydrogen) atoms. The van der Waals surface area contributed by atoms with Gasteiger partial charge in [-0.1, -0.05) is 15.9 Å². The average molecular weight is 368 g/mol. The van der Waals surface area contributed by atoms with Gasteiger partial charge in [-0.2, -0.15) is 0 Å². The van der Waals surface area contributed by atoms with Gasteiger partial charge in [-0.05, 0) is 42.3 Å². The van der Waals surface area contributed by atoms with E-state index in [0.717, 1.165) is 34.3 Å². The minimum absolute atomic E-state index is 0.134. The van der Waals surface area contributed by atoms with Crippen molar-refractivity contribution in [1.29, 1.82) is 0 Å². The largest absolute Gasteiger partial charge is 0.481 e. The summed E-state index contributed by atoms with van der Waals surface area (Å²) in [6, 6.07) is 8.69. The van der Waals surface area contributed by atoms with Gasteiger partial charge in [-0.25, -0.2) is 8.78 Å². The maximum atomic E-state index is 13.5. The molecule has 114 valence electrons. The van der Waals surface area contributed by atoms with Crippen molar-refractivity contribution in [1.82, 2.24) is 0 Å². The van der Waals surface area contributed by atoms with E-state index in [1.54, 1.807) is 4.90 Å². The van der Waals surface area contributed by atoms with E-state index in [2.05, 4.69) is 15.9 Å². The van der Waals surface area contributed by atoms with E-state index in [1.807, 2.05) is 18.2 Å². The molecule has 1 aliphatic heterocycles. The first-order chi connectivity index (χ1) is 10.5. The molecule has 0 aliphatic carbocycles. The second-order valence-electron chi connectivity index (χ2n) is 4.93. The molecule has 0 unspecified atom stereocenters. The number of benzene rings is 2. The minimum atomic E-state index is -0.821. The van der Waals surface area contributed by atoms with E-state index < -0.39 is 11.6 Å². The molecule has 0 aromatic heterocycles. The van der Waals surface area contributed by atoms with E-state index in [4.69, 9.17) is 4.74 Å². The number of nitrogens with zero attached hydrogens (tertiary/aromatic N) is 1. The summed E-state index contributed by atoms with van der Waals surface area (Å²) in [4.78, 5) is 13.9. The van der Waals surface area contributed by atoms with Crippen LogP contribution in [-0.4, -0.2) is 19.1 Å². The normalized spacial score (nSPS) is 13.1. The fourth-order valence-electron chi connectivity index (χ4n) is 2.44. The standard InChI is InChI=1S/C16H12BrF2NO2/c17-11-1-3-14-10(7-11)5-6-20(14)16(21)9-22-15-4-2-12(18)8-13(15)19/h1-4,7-8H,5-6,9H2. The number of fused-ring (bicyclic) bond motifs is 1. The summed E-state index contributed by atoms with van der Waals surface area (Å²) in [5, 5.41) is 0. The fourth-order valence-corrected chi connectivity index (χ4v) is 2.85. The van der Waals surface area contributed by atoms with Crippen molar-refractivity contribution in [3.63, 3.8) is 0 Å². The quantitative estimate of drug-likeness (QED) is 0.827. The first-order valence-corrected chi connectivity index (χ1v) is 7.50. The predicted molar refractivity (Wildman–Crippen MR) is 82.1 cm³/mol. The second-order valence-corrected chi connectivity index (χ2v) is 5.85. The van der Waals surface area contributed by atoms with E-state index in [0.29, 0.717) is 6.54 Å². The van der Waals surface area contributed by atoms with E-state index in [9.17, 15) is 13.6 Å². The average Bonchev–Trinajstić information content (AvgIpc) is 2.89. The smallest absolute Gasteiger partial charge is 0.264 e. The van der Waals surface area contributed by atoms with E-state index in [-0.39, 0.29) is 18.3 Å². The third-order valence-corrected chi connectivity index (χ3v) is 3.98. The van der Waals surface area contributed by atoms with Crippen LogP contribution in [-0.2, 0) is 11.2 Å². The summed E-state index contributed by atoms with van der Waals surface area (Å²) < 4.78 is 32.4. The van der Waals surface area contributed by atoms with Gasteiger partial charge in [0.05, 0.1) is 0 Å². The molecule has 0 spiro atoms. The Morgan fingerprint density at radius 1 is 1.23 bits per heavy atom. The zero-order valence-corrected chi connectivity index (χ0v) is 13.1. The number of hydrogen-bond acceptors (Lipinski definition) is 2. The van der Waals surface area contributed by atoms with Gasteiger partial charge in [0.25, 0.3) is 5.91 Å². The number of halogens is 3. The van der Waals surface area contributed by atoms with Crippen molar-refractivity contribution in [2.45, 2.75) is 6.42 Å². The molecule has 0 radical (unpaired) electrons. The molecule has 1 amide bonds. The molecule has 2 aromatic rings. The zero-order chi connectivity index (χ0) is 15.7. The molecule has 0 fully saturated rings. The highest BCUT2D eigenvalue weighted by Gasteiger charge is 2.25. The van der Waals surface area contributed by atoms with Gasteiger partial charge in [-0.3, -0.25) is 4.79 Å². The summed E-state index contributed by atoms with van der Waals surface area (Å²) in [7, 11) is 0. The number of carbonyl (C=O) groups excluding carboxylic acids is 1. The highest BCUT2D eigenvalue weighted by molar-refractivity contribution is 9.10. The van der Waals surface area contributed by atoms with Crippen LogP contribution in [0.25, 0.3) is 0 Å². The molecule has 6 heteroatoms. The molecular formula is C16H12BrF2NO2. The predicted octanol–water partition coefficient (Wildman–Crippen LogP) is 3.70. The molecule has 3 rings (SSSR count). The maximum Gasteiger partial charge on any atom is 0.264 e. The number of hydrogen-bond donors (Lipinski definition) is 0. The molecular weight excluding hydrogens is 356 g/mol. The molecule has 0 saturated heterocycles. The van der Waals surface area contributed by atoms with Crippen molar-refractivity contribution in [3.05, 3.63) is 58.1 Å². The van der Waals surface area contributed by atoms with Gasteiger partial charge >= 0.3 is 0 Å². The van der Waals surface area contributed by atoms with Crippen LogP contribution in [0.4, 0.5) is 14.5 Å². The van der Waals surface area contributed by atoms with Crippen molar-refractivity contribution in [2.24, 2.45) is 0 Å². The summed E-state index contributed by atoms with van der Waals surface area (Å²) in [5.41, 5.74) is 1.92. The number of rotatable bonds is 3. The van der Waals surface area contributed by atoms with Crippen LogP contribution in [0.15, 0.2) is 40.9 Å². The topological polar surface area (TPSA) is 29.5 Å². The lowest BCUT2D eigenvalue weighted by Gasteiger charge is -2.17. The van der Waals surface area contributed by atoms with Crippen molar-refractivity contribution < 1.29 is 18.3 Å². The van der Waals surface area contributed by atoms with Crippen molar-refractivity contribution in [2.75, 3.05) is 18.1 Å². The number of amides is 1. The Morgan fingerprint density at radius 2 is 2.05 bits per heavy atom. The van der Waals surface area contributed by atoms with E-state index >= 15 is 0 Å². The van der Waals surface area contributed by atoms with Crippen molar-refractivity contribution in [3.8, 4) is 5.75 Å². The van der Waals surface area contributed by atoms with Gasteiger partial charge in [0.2, 0.25) is 0 Å². The Balaban J connectivity index is 1.69. The van der Waals surface area contributed by atoms with Gasteiger partial charge in [0.15, 0.2) is 18.2 Å². The Labute approximate surface area is 134 Å². The highest BCUT2D eigenvalue weighted by atomic mass is 79.9. The number of ether oxygens (including phenoxy) is 1. The summed E-state index contributed by atoms with van der Waals surface area (Å²) in [5.74, 6) is -1.90. The van der Waals surface area contributed by atoms with Crippen LogP contribution >= 0.6 is 15.9 Å². The molecule has 1 heterocycles. The van der Waals surface area contributed by atoms with E-state index in [1.165, 1.54) is 6.07 Å². The first-order valence-electron chi connectivity index (χ1n) is 6.71. The first kappa shape index (κ1) is 15.0. The van der Waals surface area contributed by atoms with Crippen LogP contribution in [0.1, 0.15) is 5.56 Å². The minimum Gasteiger partial charge on any atom is -0.481 e. The number of carbonyl (C=O) groups is 1. The molecule has 3 nitrogen and oxygen atoms in total. The molecule has 0 bridgehead atoms. The summed E-state index contributed by atoms with van der Waals surface area (Å²) in [6.07, 6.45) is 0.769. The van der Waals surface area contributed by atoms with Crippen LogP contribution < -0.4 is 9.64 Å². The second kappa shape index (κ2) is 6.04. The Kier molecular flexibility index (Phi) is 4.11. The molecule has 1 aliphatic rings. The molecule has 0 atom stereocenters.